The van der Waals surface area contributed by atoms with E-state index in [4.69, 9.17) is 4.74 Å². The van der Waals surface area contributed by atoms with E-state index in [-0.39, 0.29) is 12.6 Å². The van der Waals surface area contributed by atoms with E-state index in [1.165, 1.54) is 0 Å². The number of fused-ring (bicyclic) bond motifs is 3. The van der Waals surface area contributed by atoms with E-state index < -0.39 is 0 Å². The highest BCUT2D eigenvalue weighted by molar-refractivity contribution is 6.01. The molecule has 0 amide bonds. The van der Waals surface area contributed by atoms with Crippen molar-refractivity contribution in [1.82, 2.24) is 14.5 Å². The number of imidazole rings is 1. The molecule has 0 spiro atoms. The Morgan fingerprint density at radius 2 is 1.75 bits per heavy atom. The molecule has 0 bridgehead atoms. The van der Waals surface area contributed by atoms with Crippen LogP contribution in [0.5, 0.6) is 0 Å². The molecule has 4 aromatic rings. The highest BCUT2D eigenvalue weighted by Crippen LogP contribution is 2.22. The molecule has 0 N–H and O–H groups in total. The lowest BCUT2D eigenvalue weighted by molar-refractivity contribution is 0.0492. The Hall–Kier alpha value is -3.21. The molecular weight excluding hydrogens is 302 g/mol. The summed E-state index contributed by atoms with van der Waals surface area (Å²) in [6.45, 7) is 0.832. The fourth-order valence-electron chi connectivity index (χ4n) is 2.77. The molecule has 0 aliphatic carbocycles. The molecule has 118 valence electrons. The topological polar surface area (TPSA) is 57.0 Å². The SMILES string of the molecule is O=C(OCCn1cnc2cnc3ccccc3c21)c1ccccc1. The van der Waals surface area contributed by atoms with Crippen LogP contribution in [-0.4, -0.2) is 27.1 Å². The zero-order valence-electron chi connectivity index (χ0n) is 12.9. The van der Waals surface area contributed by atoms with Gasteiger partial charge in [-0.15, -0.1) is 0 Å². The number of carbonyl (C=O) groups excluding carboxylic acids is 1. The van der Waals surface area contributed by atoms with Gasteiger partial charge in [0, 0.05) is 5.39 Å². The lowest BCUT2D eigenvalue weighted by atomic mass is 10.2. The first-order valence-corrected chi connectivity index (χ1v) is 7.74. The second-order valence-corrected chi connectivity index (χ2v) is 5.45. The summed E-state index contributed by atoms with van der Waals surface area (Å²) in [6.07, 6.45) is 3.53. The molecule has 2 aromatic heterocycles. The van der Waals surface area contributed by atoms with Gasteiger partial charge in [-0.2, -0.15) is 0 Å². The number of para-hydroxylation sites is 1. The first kappa shape index (κ1) is 14.4. The zero-order valence-corrected chi connectivity index (χ0v) is 12.9. The van der Waals surface area contributed by atoms with Crippen molar-refractivity contribution in [2.75, 3.05) is 6.61 Å². The molecule has 4 rings (SSSR count). The third kappa shape index (κ3) is 2.60. The molecule has 0 saturated carbocycles. The van der Waals surface area contributed by atoms with Gasteiger partial charge < -0.3 is 9.30 Å². The number of hydrogen-bond acceptors (Lipinski definition) is 4. The van der Waals surface area contributed by atoms with Crippen molar-refractivity contribution in [2.45, 2.75) is 6.54 Å². The summed E-state index contributed by atoms with van der Waals surface area (Å²) in [6, 6.07) is 16.9. The number of aromatic nitrogens is 3. The van der Waals surface area contributed by atoms with Crippen LogP contribution in [0.15, 0.2) is 67.1 Å². The van der Waals surface area contributed by atoms with Crippen LogP contribution in [0, 0.1) is 0 Å². The summed E-state index contributed by atoms with van der Waals surface area (Å²) in [7, 11) is 0. The third-order valence-electron chi connectivity index (χ3n) is 3.93. The van der Waals surface area contributed by atoms with E-state index in [1.54, 1.807) is 24.7 Å². The minimum absolute atomic E-state index is 0.288. The number of carbonyl (C=O) groups is 1. The maximum Gasteiger partial charge on any atom is 0.338 e. The second-order valence-electron chi connectivity index (χ2n) is 5.45. The Bertz CT molecular complexity index is 1010. The summed E-state index contributed by atoms with van der Waals surface area (Å²) < 4.78 is 7.36. The molecule has 0 saturated heterocycles. The molecule has 0 aliphatic heterocycles. The highest BCUT2D eigenvalue weighted by atomic mass is 16.5. The molecule has 5 heteroatoms. The standard InChI is InChI=1S/C19H15N3O2/c23-19(14-6-2-1-3-7-14)24-11-10-22-13-21-17-12-20-16-9-5-4-8-15(16)18(17)22/h1-9,12-13H,10-11H2. The quantitative estimate of drug-likeness (QED) is 0.541. The summed E-state index contributed by atoms with van der Waals surface area (Å²) in [5, 5.41) is 1.04. The minimum Gasteiger partial charge on any atom is -0.460 e. The first-order chi connectivity index (χ1) is 11.8. The number of ether oxygens (including phenoxy) is 1. The van der Waals surface area contributed by atoms with Crippen LogP contribution in [0.25, 0.3) is 21.9 Å². The van der Waals surface area contributed by atoms with Gasteiger partial charge in [-0.1, -0.05) is 36.4 Å². The Labute approximate surface area is 138 Å². The average molecular weight is 317 g/mol. The molecule has 2 aromatic carbocycles. The number of benzene rings is 2. The summed E-state index contributed by atoms with van der Waals surface area (Å²) >= 11 is 0. The lowest BCUT2D eigenvalue weighted by Gasteiger charge is -2.08. The van der Waals surface area contributed by atoms with Crippen molar-refractivity contribution >= 4 is 27.9 Å². The van der Waals surface area contributed by atoms with Gasteiger partial charge in [0.05, 0.1) is 35.7 Å². The Morgan fingerprint density at radius 1 is 0.958 bits per heavy atom. The van der Waals surface area contributed by atoms with Gasteiger partial charge in [0.25, 0.3) is 0 Å². The minimum atomic E-state index is -0.313. The normalized spacial score (nSPS) is 11.0. The predicted molar refractivity (Wildman–Crippen MR) is 91.8 cm³/mol. The van der Waals surface area contributed by atoms with Crippen molar-refractivity contribution in [2.24, 2.45) is 0 Å². The summed E-state index contributed by atoms with van der Waals surface area (Å²) in [5.74, 6) is -0.313. The number of nitrogens with zero attached hydrogens (tertiary/aromatic N) is 3. The van der Waals surface area contributed by atoms with Crippen LogP contribution >= 0.6 is 0 Å². The monoisotopic (exact) mass is 317 g/mol. The Kier molecular flexibility index (Phi) is 3.67. The Balaban J connectivity index is 1.55. The van der Waals surface area contributed by atoms with Crippen LogP contribution in [-0.2, 0) is 11.3 Å². The molecule has 0 atom stereocenters. The van der Waals surface area contributed by atoms with Gasteiger partial charge >= 0.3 is 5.97 Å². The van der Waals surface area contributed by atoms with Crippen molar-refractivity contribution in [3.8, 4) is 0 Å². The first-order valence-electron chi connectivity index (χ1n) is 7.74. The number of rotatable bonds is 4. The zero-order chi connectivity index (χ0) is 16.4. The van der Waals surface area contributed by atoms with Gasteiger partial charge in [0.1, 0.15) is 12.1 Å². The molecule has 0 fully saturated rings. The van der Waals surface area contributed by atoms with Crippen molar-refractivity contribution < 1.29 is 9.53 Å². The lowest BCUT2D eigenvalue weighted by Crippen LogP contribution is -2.11. The van der Waals surface area contributed by atoms with Crippen molar-refractivity contribution in [3.63, 3.8) is 0 Å². The molecule has 0 unspecified atom stereocenters. The largest absolute Gasteiger partial charge is 0.460 e. The van der Waals surface area contributed by atoms with E-state index in [2.05, 4.69) is 9.97 Å². The van der Waals surface area contributed by atoms with Gasteiger partial charge in [-0.05, 0) is 18.2 Å². The molecule has 0 aliphatic rings. The molecule has 2 heterocycles. The van der Waals surface area contributed by atoms with Crippen molar-refractivity contribution in [1.29, 1.82) is 0 Å². The van der Waals surface area contributed by atoms with E-state index in [0.29, 0.717) is 12.1 Å². The number of hydrogen-bond donors (Lipinski definition) is 0. The van der Waals surface area contributed by atoms with Crippen LogP contribution < -0.4 is 0 Å². The van der Waals surface area contributed by atoms with Gasteiger partial charge in [-0.25, -0.2) is 9.78 Å². The maximum atomic E-state index is 12.0. The molecule has 0 radical (unpaired) electrons. The van der Waals surface area contributed by atoms with Crippen LogP contribution in [0.1, 0.15) is 10.4 Å². The van der Waals surface area contributed by atoms with Crippen molar-refractivity contribution in [3.05, 3.63) is 72.7 Å². The van der Waals surface area contributed by atoms with E-state index in [0.717, 1.165) is 21.9 Å². The molecular formula is C19H15N3O2. The predicted octanol–water partition coefficient (Wildman–Crippen LogP) is 3.44. The van der Waals surface area contributed by atoms with Gasteiger partial charge in [-0.3, -0.25) is 4.98 Å². The average Bonchev–Trinajstić information content (AvgIpc) is 3.06. The smallest absolute Gasteiger partial charge is 0.338 e. The Morgan fingerprint density at radius 3 is 2.62 bits per heavy atom. The molecule has 24 heavy (non-hydrogen) atoms. The summed E-state index contributed by atoms with van der Waals surface area (Å²) in [4.78, 5) is 20.8. The fourth-order valence-corrected chi connectivity index (χ4v) is 2.77. The second kappa shape index (κ2) is 6.12. The molecule has 5 nitrogen and oxygen atoms in total. The number of pyridine rings is 1. The maximum absolute atomic E-state index is 12.0. The van der Waals surface area contributed by atoms with E-state index in [9.17, 15) is 4.79 Å². The highest BCUT2D eigenvalue weighted by Gasteiger charge is 2.09. The van der Waals surface area contributed by atoms with Gasteiger partial charge in [0.15, 0.2) is 0 Å². The van der Waals surface area contributed by atoms with Crippen LogP contribution in [0.2, 0.25) is 0 Å². The third-order valence-corrected chi connectivity index (χ3v) is 3.93. The fraction of sp³-hybridized carbons (Fsp3) is 0.105. The van der Waals surface area contributed by atoms with E-state index >= 15 is 0 Å². The van der Waals surface area contributed by atoms with Gasteiger partial charge in [0.2, 0.25) is 0 Å². The summed E-state index contributed by atoms with van der Waals surface area (Å²) in [5.41, 5.74) is 3.33. The number of esters is 1. The van der Waals surface area contributed by atoms with Crippen LogP contribution in [0.4, 0.5) is 0 Å². The van der Waals surface area contributed by atoms with Crippen LogP contribution in [0.3, 0.4) is 0 Å². The van der Waals surface area contributed by atoms with E-state index in [1.807, 2.05) is 47.0 Å².